The minimum Gasteiger partial charge on any atom is -0.497 e. The van der Waals surface area contributed by atoms with Crippen molar-refractivity contribution in [2.45, 2.75) is 12.5 Å². The van der Waals surface area contributed by atoms with E-state index in [0.29, 0.717) is 0 Å². The summed E-state index contributed by atoms with van der Waals surface area (Å²) in [6, 6.07) is 13.5. The molecule has 2 aromatic carbocycles. The van der Waals surface area contributed by atoms with Crippen molar-refractivity contribution in [2.24, 2.45) is 5.73 Å². The second-order valence-electron chi connectivity index (χ2n) is 4.77. The number of hydrogen-bond acceptors (Lipinski definition) is 4. The normalized spacial score (nSPS) is 11.8. The predicted octanol–water partition coefficient (Wildman–Crippen LogP) is 2.95. The molecule has 0 amide bonds. The maximum Gasteiger partial charge on any atom is 0.127 e. The molecule has 0 saturated carbocycles. The molecule has 0 aromatic heterocycles. The number of methoxy groups -OCH3 is 3. The first-order chi connectivity index (χ1) is 10.2. The summed E-state index contributed by atoms with van der Waals surface area (Å²) in [6.45, 7) is 0. The molecule has 1 unspecified atom stereocenters. The van der Waals surface area contributed by atoms with Crippen LogP contribution in [0.2, 0.25) is 0 Å². The van der Waals surface area contributed by atoms with Crippen molar-refractivity contribution in [1.82, 2.24) is 0 Å². The Morgan fingerprint density at radius 1 is 0.857 bits per heavy atom. The highest BCUT2D eigenvalue weighted by Gasteiger charge is 2.13. The molecule has 112 valence electrons. The average molecular weight is 287 g/mol. The zero-order valence-corrected chi connectivity index (χ0v) is 12.6. The fourth-order valence-corrected chi connectivity index (χ4v) is 2.25. The summed E-state index contributed by atoms with van der Waals surface area (Å²) in [5, 5.41) is 0. The van der Waals surface area contributed by atoms with E-state index in [0.717, 1.165) is 34.8 Å². The van der Waals surface area contributed by atoms with Gasteiger partial charge in [-0.1, -0.05) is 18.2 Å². The van der Waals surface area contributed by atoms with Crippen LogP contribution < -0.4 is 19.9 Å². The van der Waals surface area contributed by atoms with Gasteiger partial charge in [-0.25, -0.2) is 0 Å². The molecular formula is C17H21NO3. The summed E-state index contributed by atoms with van der Waals surface area (Å²) in [6.07, 6.45) is 0.729. The lowest BCUT2D eigenvalue weighted by Gasteiger charge is -2.17. The molecule has 0 spiro atoms. The van der Waals surface area contributed by atoms with Gasteiger partial charge in [0.2, 0.25) is 0 Å². The van der Waals surface area contributed by atoms with Crippen LogP contribution in [-0.4, -0.2) is 21.3 Å². The van der Waals surface area contributed by atoms with E-state index >= 15 is 0 Å². The van der Waals surface area contributed by atoms with E-state index in [9.17, 15) is 0 Å². The van der Waals surface area contributed by atoms with Gasteiger partial charge in [0.05, 0.1) is 21.3 Å². The molecule has 2 aromatic rings. The molecule has 4 nitrogen and oxygen atoms in total. The fourth-order valence-electron chi connectivity index (χ4n) is 2.25. The molecule has 0 heterocycles. The smallest absolute Gasteiger partial charge is 0.127 e. The lowest BCUT2D eigenvalue weighted by molar-refractivity contribution is 0.388. The van der Waals surface area contributed by atoms with E-state index in [1.807, 2.05) is 42.5 Å². The van der Waals surface area contributed by atoms with Crippen LogP contribution in [0.3, 0.4) is 0 Å². The molecule has 0 radical (unpaired) electrons. The van der Waals surface area contributed by atoms with E-state index in [1.165, 1.54) is 0 Å². The Bertz CT molecular complexity index is 581. The Morgan fingerprint density at radius 2 is 1.48 bits per heavy atom. The highest BCUT2D eigenvalue weighted by atomic mass is 16.5. The Balaban J connectivity index is 2.17. The van der Waals surface area contributed by atoms with Gasteiger partial charge >= 0.3 is 0 Å². The molecule has 0 aliphatic rings. The first-order valence-electron chi connectivity index (χ1n) is 6.78. The molecule has 2 rings (SSSR count). The third-order valence-electron chi connectivity index (χ3n) is 3.45. The number of ether oxygens (including phenoxy) is 3. The summed E-state index contributed by atoms with van der Waals surface area (Å²) in [5.41, 5.74) is 8.43. The number of benzene rings is 2. The van der Waals surface area contributed by atoms with Crippen molar-refractivity contribution in [3.8, 4) is 17.2 Å². The number of nitrogens with two attached hydrogens (primary N) is 1. The molecule has 0 aliphatic carbocycles. The maximum atomic E-state index is 6.31. The highest BCUT2D eigenvalue weighted by molar-refractivity contribution is 5.43. The lowest BCUT2D eigenvalue weighted by atomic mass is 9.98. The minimum atomic E-state index is -0.140. The second kappa shape index (κ2) is 6.99. The van der Waals surface area contributed by atoms with E-state index in [1.54, 1.807) is 21.3 Å². The molecule has 1 atom stereocenters. The van der Waals surface area contributed by atoms with Crippen LogP contribution in [0.15, 0.2) is 42.5 Å². The molecule has 21 heavy (non-hydrogen) atoms. The molecule has 2 N–H and O–H groups in total. The zero-order valence-electron chi connectivity index (χ0n) is 12.6. The first-order valence-corrected chi connectivity index (χ1v) is 6.78. The monoisotopic (exact) mass is 287 g/mol. The summed E-state index contributed by atoms with van der Waals surface area (Å²) >= 11 is 0. The summed E-state index contributed by atoms with van der Waals surface area (Å²) < 4.78 is 15.8. The molecule has 0 fully saturated rings. The van der Waals surface area contributed by atoms with Crippen molar-refractivity contribution in [2.75, 3.05) is 21.3 Å². The van der Waals surface area contributed by atoms with Crippen LogP contribution in [0.1, 0.15) is 17.2 Å². The van der Waals surface area contributed by atoms with Gasteiger partial charge in [0, 0.05) is 17.7 Å². The van der Waals surface area contributed by atoms with Crippen LogP contribution in [0.4, 0.5) is 0 Å². The Labute approximate surface area is 125 Å². The standard InChI is InChI=1S/C17H21NO3/c1-19-13-6-4-12(5-7-13)10-16(18)15-9-8-14(20-2)11-17(15)21-3/h4-9,11,16H,10,18H2,1-3H3. The fraction of sp³-hybridized carbons (Fsp3) is 0.294. The van der Waals surface area contributed by atoms with Gasteiger partial charge < -0.3 is 19.9 Å². The van der Waals surface area contributed by atoms with Gasteiger partial charge in [-0.3, -0.25) is 0 Å². The van der Waals surface area contributed by atoms with Crippen LogP contribution in [0, 0.1) is 0 Å². The third kappa shape index (κ3) is 3.67. The average Bonchev–Trinajstić information content (AvgIpc) is 2.54. The van der Waals surface area contributed by atoms with E-state index in [-0.39, 0.29) is 6.04 Å². The quantitative estimate of drug-likeness (QED) is 0.887. The lowest BCUT2D eigenvalue weighted by Crippen LogP contribution is -2.14. The molecule has 0 aliphatic heterocycles. The van der Waals surface area contributed by atoms with Crippen molar-refractivity contribution in [1.29, 1.82) is 0 Å². The molecule has 0 bridgehead atoms. The summed E-state index contributed by atoms with van der Waals surface area (Å²) in [7, 11) is 4.92. The molecule has 0 saturated heterocycles. The van der Waals surface area contributed by atoms with Gasteiger partial charge in [0.1, 0.15) is 17.2 Å². The Morgan fingerprint density at radius 3 is 2.05 bits per heavy atom. The Hall–Kier alpha value is -2.20. The van der Waals surface area contributed by atoms with E-state index in [2.05, 4.69) is 0 Å². The van der Waals surface area contributed by atoms with Gasteiger partial charge in [-0.2, -0.15) is 0 Å². The van der Waals surface area contributed by atoms with Crippen molar-refractivity contribution in [3.05, 3.63) is 53.6 Å². The minimum absolute atomic E-state index is 0.140. The van der Waals surface area contributed by atoms with Crippen LogP contribution >= 0.6 is 0 Å². The van der Waals surface area contributed by atoms with Crippen molar-refractivity contribution < 1.29 is 14.2 Å². The van der Waals surface area contributed by atoms with Gasteiger partial charge in [0.15, 0.2) is 0 Å². The third-order valence-corrected chi connectivity index (χ3v) is 3.45. The largest absolute Gasteiger partial charge is 0.497 e. The van der Waals surface area contributed by atoms with Gasteiger partial charge in [0.25, 0.3) is 0 Å². The maximum absolute atomic E-state index is 6.31. The number of hydrogen-bond donors (Lipinski definition) is 1. The van der Waals surface area contributed by atoms with Crippen LogP contribution in [-0.2, 0) is 6.42 Å². The van der Waals surface area contributed by atoms with Crippen molar-refractivity contribution >= 4 is 0 Å². The highest BCUT2D eigenvalue weighted by Crippen LogP contribution is 2.30. The molecular weight excluding hydrogens is 266 g/mol. The predicted molar refractivity (Wildman–Crippen MR) is 83.2 cm³/mol. The number of rotatable bonds is 6. The second-order valence-corrected chi connectivity index (χ2v) is 4.77. The topological polar surface area (TPSA) is 53.7 Å². The van der Waals surface area contributed by atoms with Crippen LogP contribution in [0.25, 0.3) is 0 Å². The van der Waals surface area contributed by atoms with Gasteiger partial charge in [-0.05, 0) is 30.2 Å². The van der Waals surface area contributed by atoms with Crippen molar-refractivity contribution in [3.63, 3.8) is 0 Å². The zero-order chi connectivity index (χ0) is 15.2. The van der Waals surface area contributed by atoms with E-state index in [4.69, 9.17) is 19.9 Å². The Kier molecular flexibility index (Phi) is 5.06. The van der Waals surface area contributed by atoms with Gasteiger partial charge in [-0.15, -0.1) is 0 Å². The SMILES string of the molecule is COc1ccc(CC(N)c2ccc(OC)cc2OC)cc1. The van der Waals surface area contributed by atoms with E-state index < -0.39 is 0 Å². The first kappa shape index (κ1) is 15.2. The summed E-state index contributed by atoms with van der Waals surface area (Å²) in [4.78, 5) is 0. The molecule has 4 heteroatoms. The van der Waals surface area contributed by atoms with Crippen LogP contribution in [0.5, 0.6) is 17.2 Å². The summed E-state index contributed by atoms with van der Waals surface area (Å²) in [5.74, 6) is 2.34.